The molecule has 0 fully saturated rings. The van der Waals surface area contributed by atoms with Crippen LogP contribution in [0.1, 0.15) is 22.4 Å². The van der Waals surface area contributed by atoms with Crippen molar-refractivity contribution in [1.29, 1.82) is 5.26 Å². The van der Waals surface area contributed by atoms with Crippen molar-refractivity contribution in [3.8, 4) is 6.07 Å². The minimum absolute atomic E-state index is 0.0205. The van der Waals surface area contributed by atoms with E-state index in [1.54, 1.807) is 13.8 Å². The van der Waals surface area contributed by atoms with Gasteiger partial charge < -0.3 is 0 Å². The molecule has 1 aromatic heterocycles. The third kappa shape index (κ3) is 3.88. The van der Waals surface area contributed by atoms with E-state index in [9.17, 15) is 13.7 Å². The van der Waals surface area contributed by atoms with Crippen molar-refractivity contribution in [1.82, 2.24) is 9.71 Å². The van der Waals surface area contributed by atoms with E-state index >= 15 is 0 Å². The first kappa shape index (κ1) is 17.4. The molecule has 0 saturated carbocycles. The normalized spacial score (nSPS) is 11.2. The number of halogens is 1. The number of aromatic nitrogens is 1. The second-order valence-corrected chi connectivity index (χ2v) is 7.12. The minimum atomic E-state index is -3.88. The van der Waals surface area contributed by atoms with Crippen LogP contribution in [0.2, 0.25) is 5.02 Å². The van der Waals surface area contributed by atoms with Crippen LogP contribution in [-0.2, 0) is 16.4 Å². The zero-order valence-corrected chi connectivity index (χ0v) is 14.4. The fraction of sp³-hybridized carbons (Fsp3) is 0.250. The smallest absolute Gasteiger partial charge is 0.237 e. The van der Waals surface area contributed by atoms with Crippen molar-refractivity contribution in [3.63, 3.8) is 0 Å². The molecule has 7 heteroatoms. The Morgan fingerprint density at radius 1 is 1.26 bits per heavy atom. The van der Waals surface area contributed by atoms with Crippen LogP contribution in [-0.4, -0.2) is 19.9 Å². The lowest BCUT2D eigenvalue weighted by Crippen LogP contribution is -2.28. The van der Waals surface area contributed by atoms with Crippen LogP contribution in [0.3, 0.4) is 0 Å². The number of benzene rings is 1. The zero-order chi connectivity index (χ0) is 17.0. The molecule has 5 nitrogen and oxygen atoms in total. The van der Waals surface area contributed by atoms with Gasteiger partial charge in [0.25, 0.3) is 10.0 Å². The van der Waals surface area contributed by atoms with Crippen LogP contribution in [0.15, 0.2) is 35.4 Å². The number of rotatable bonds is 5. The highest BCUT2D eigenvalue weighted by atomic mass is 35.5. The molecule has 0 aliphatic heterocycles. The van der Waals surface area contributed by atoms with E-state index in [2.05, 4.69) is 9.71 Å². The summed E-state index contributed by atoms with van der Waals surface area (Å²) in [6.07, 6.45) is 0.549. The lowest BCUT2D eigenvalue weighted by atomic mass is 10.1. The third-order valence-corrected chi connectivity index (χ3v) is 5.37. The van der Waals surface area contributed by atoms with Crippen molar-refractivity contribution in [2.75, 3.05) is 6.54 Å². The number of nitrogens with one attached hydrogen (secondary N) is 1. The quantitative estimate of drug-likeness (QED) is 0.899. The fourth-order valence-corrected chi connectivity index (χ4v) is 3.54. The van der Waals surface area contributed by atoms with E-state index in [-0.39, 0.29) is 17.1 Å². The second-order valence-electron chi connectivity index (χ2n) is 5.06. The molecular weight excluding hydrogens is 334 g/mol. The Hall–Kier alpha value is -1.94. The summed E-state index contributed by atoms with van der Waals surface area (Å²) in [6.45, 7) is 3.44. The average molecular weight is 350 g/mol. The van der Waals surface area contributed by atoms with Crippen molar-refractivity contribution in [3.05, 3.63) is 57.7 Å². The van der Waals surface area contributed by atoms with Crippen molar-refractivity contribution in [2.24, 2.45) is 0 Å². The first-order valence-corrected chi connectivity index (χ1v) is 8.83. The number of aryl methyl sites for hydroxylation is 1. The monoisotopic (exact) mass is 349 g/mol. The zero-order valence-electron chi connectivity index (χ0n) is 12.8. The average Bonchev–Trinajstić information content (AvgIpc) is 2.53. The summed E-state index contributed by atoms with van der Waals surface area (Å²) in [5.41, 5.74) is 1.80. The number of nitrogens with zero attached hydrogens (tertiary/aromatic N) is 2. The summed E-state index contributed by atoms with van der Waals surface area (Å²) in [4.78, 5) is 4.00. The molecule has 23 heavy (non-hydrogen) atoms. The highest BCUT2D eigenvalue weighted by Crippen LogP contribution is 2.26. The lowest BCUT2D eigenvalue weighted by molar-refractivity contribution is 0.576. The molecule has 0 radical (unpaired) electrons. The van der Waals surface area contributed by atoms with E-state index in [4.69, 9.17) is 11.6 Å². The highest BCUT2D eigenvalue weighted by Gasteiger charge is 2.24. The SMILES string of the molecule is Cc1nc(S(=O)(=O)NCCc2ccccc2)c(C#N)c(C)c1Cl. The summed E-state index contributed by atoms with van der Waals surface area (Å²) in [7, 11) is -3.88. The van der Waals surface area contributed by atoms with Gasteiger partial charge in [0, 0.05) is 6.54 Å². The Morgan fingerprint density at radius 2 is 1.91 bits per heavy atom. The molecule has 0 unspecified atom stereocenters. The first-order chi connectivity index (χ1) is 10.9. The molecule has 2 rings (SSSR count). The maximum atomic E-state index is 12.5. The van der Waals surface area contributed by atoms with E-state index < -0.39 is 10.0 Å². The van der Waals surface area contributed by atoms with Gasteiger partial charge >= 0.3 is 0 Å². The van der Waals surface area contributed by atoms with Gasteiger partial charge in [0.15, 0.2) is 5.03 Å². The van der Waals surface area contributed by atoms with Crippen LogP contribution >= 0.6 is 11.6 Å². The molecular formula is C16H16ClN3O2S. The molecule has 0 aliphatic carbocycles. The molecule has 1 aromatic carbocycles. The minimum Gasteiger partial charge on any atom is -0.237 e. The molecule has 2 aromatic rings. The predicted octanol–water partition coefficient (Wildman–Crippen LogP) is 2.74. The Bertz CT molecular complexity index is 859. The number of nitriles is 1. The van der Waals surface area contributed by atoms with Gasteiger partial charge in [-0.2, -0.15) is 5.26 Å². The van der Waals surface area contributed by atoms with E-state index in [0.717, 1.165) is 5.56 Å². The van der Waals surface area contributed by atoms with E-state index in [1.807, 2.05) is 36.4 Å². The maximum Gasteiger partial charge on any atom is 0.259 e. The lowest BCUT2D eigenvalue weighted by Gasteiger charge is -2.11. The van der Waals surface area contributed by atoms with Crippen molar-refractivity contribution >= 4 is 21.6 Å². The molecule has 0 saturated heterocycles. The largest absolute Gasteiger partial charge is 0.259 e. The van der Waals surface area contributed by atoms with E-state index in [0.29, 0.717) is 22.7 Å². The Labute approximate surface area is 141 Å². The van der Waals surface area contributed by atoms with E-state index in [1.165, 1.54) is 0 Å². The Kier molecular flexibility index (Phi) is 5.37. The number of hydrogen-bond acceptors (Lipinski definition) is 4. The first-order valence-electron chi connectivity index (χ1n) is 6.97. The van der Waals surface area contributed by atoms with Crippen molar-refractivity contribution in [2.45, 2.75) is 25.3 Å². The molecule has 120 valence electrons. The molecule has 0 bridgehead atoms. The molecule has 0 aliphatic rings. The second kappa shape index (κ2) is 7.09. The van der Waals surface area contributed by atoms with Crippen molar-refractivity contribution < 1.29 is 8.42 Å². The number of sulfonamides is 1. The van der Waals surface area contributed by atoms with Gasteiger partial charge in [-0.3, -0.25) is 0 Å². The molecule has 0 atom stereocenters. The maximum absolute atomic E-state index is 12.5. The van der Waals surface area contributed by atoms with Gasteiger partial charge in [0.2, 0.25) is 0 Å². The standard InChI is InChI=1S/C16H16ClN3O2S/c1-11-14(10-18)16(20-12(2)15(11)17)23(21,22)19-9-8-13-6-4-3-5-7-13/h3-7,19H,8-9H2,1-2H3. The highest BCUT2D eigenvalue weighted by molar-refractivity contribution is 7.89. The summed E-state index contributed by atoms with van der Waals surface area (Å²) in [5, 5.41) is 9.28. The van der Waals surface area contributed by atoms with Crippen LogP contribution in [0, 0.1) is 25.2 Å². The van der Waals surface area contributed by atoms with Gasteiger partial charge in [-0.1, -0.05) is 41.9 Å². The summed E-state index contributed by atoms with van der Waals surface area (Å²) < 4.78 is 27.4. The van der Waals surface area contributed by atoms with Gasteiger partial charge in [0.1, 0.15) is 6.07 Å². The number of hydrogen-bond donors (Lipinski definition) is 1. The molecule has 1 N–H and O–H groups in total. The van der Waals surface area contributed by atoms with Gasteiger partial charge in [0.05, 0.1) is 16.3 Å². The van der Waals surface area contributed by atoms with Crippen LogP contribution in [0.25, 0.3) is 0 Å². The fourth-order valence-electron chi connectivity index (χ4n) is 2.17. The summed E-state index contributed by atoms with van der Waals surface area (Å²) in [5.74, 6) is 0. The molecule has 0 spiro atoms. The third-order valence-electron chi connectivity index (χ3n) is 3.42. The van der Waals surface area contributed by atoms with Crippen LogP contribution in [0.4, 0.5) is 0 Å². The number of pyridine rings is 1. The predicted molar refractivity (Wildman–Crippen MR) is 88.8 cm³/mol. The van der Waals surface area contributed by atoms with Crippen LogP contribution < -0.4 is 4.72 Å². The molecule has 1 heterocycles. The topological polar surface area (TPSA) is 82.8 Å². The van der Waals surface area contributed by atoms with Gasteiger partial charge in [-0.25, -0.2) is 18.1 Å². The molecule has 0 amide bonds. The Balaban J connectivity index is 2.25. The van der Waals surface area contributed by atoms with Gasteiger partial charge in [-0.15, -0.1) is 0 Å². The Morgan fingerprint density at radius 3 is 2.52 bits per heavy atom. The van der Waals surface area contributed by atoms with Crippen LogP contribution in [0.5, 0.6) is 0 Å². The summed E-state index contributed by atoms with van der Waals surface area (Å²) >= 11 is 6.04. The van der Waals surface area contributed by atoms with Gasteiger partial charge in [-0.05, 0) is 31.4 Å². The summed E-state index contributed by atoms with van der Waals surface area (Å²) in [6, 6.07) is 11.4.